The van der Waals surface area contributed by atoms with Gasteiger partial charge in [-0.05, 0) is 18.3 Å². The van der Waals surface area contributed by atoms with Gasteiger partial charge in [-0.15, -0.1) is 0 Å². The summed E-state index contributed by atoms with van der Waals surface area (Å²) >= 11 is 0. The lowest BCUT2D eigenvalue weighted by molar-refractivity contribution is -0.139. The van der Waals surface area contributed by atoms with Gasteiger partial charge in [0.1, 0.15) is 24.7 Å². The number of carboxylic acid groups (broad SMARTS) is 1. The summed E-state index contributed by atoms with van der Waals surface area (Å²) in [5, 5.41) is 27.4. The van der Waals surface area contributed by atoms with Gasteiger partial charge < -0.3 is 42.9 Å². The minimum atomic E-state index is -1.44. The molecular weight excluding hydrogens is 452 g/mol. The number of nitrogens with two attached hydrogens (primary N) is 2. The molecule has 0 unspecified atom stereocenters. The molecular formula is C20H36N6O8. The first-order valence-corrected chi connectivity index (χ1v) is 10.8. The van der Waals surface area contributed by atoms with Gasteiger partial charge in [0.25, 0.3) is 0 Å². The zero-order valence-corrected chi connectivity index (χ0v) is 19.8. The van der Waals surface area contributed by atoms with Crippen molar-refractivity contribution in [2.45, 2.75) is 64.7 Å². The number of aliphatic hydroxyl groups excluding tert-OH is 1. The molecule has 5 amide bonds. The van der Waals surface area contributed by atoms with Crippen LogP contribution in [0.2, 0.25) is 0 Å². The monoisotopic (exact) mass is 488 g/mol. The van der Waals surface area contributed by atoms with Crippen LogP contribution in [0.4, 0.5) is 0 Å². The van der Waals surface area contributed by atoms with Crippen LogP contribution in [0, 0.1) is 11.8 Å². The second-order valence-corrected chi connectivity index (χ2v) is 8.43. The van der Waals surface area contributed by atoms with Crippen LogP contribution in [0.3, 0.4) is 0 Å². The third kappa shape index (κ3) is 11.0. The smallest absolute Gasteiger partial charge is 0.322 e. The van der Waals surface area contributed by atoms with Crippen molar-refractivity contribution in [2.24, 2.45) is 23.3 Å². The number of aliphatic hydroxyl groups is 1. The Morgan fingerprint density at radius 3 is 1.68 bits per heavy atom. The first-order valence-electron chi connectivity index (χ1n) is 10.8. The standard InChI is InChI=1S/C20H36N6O8/c1-9(2)15(19(33)24-12(8-27)18(32)23-7-14(29)30)26-20(34)16(10(3)4)25-17(31)11(21)5-6-13(22)28/h9-12,15-16,27H,5-8,21H2,1-4H3,(H2,22,28)(H,23,32)(H,24,33)(H,25,31)(H,26,34)(H,29,30)/t11-,12-,15-,16-/m0/s1. The molecule has 194 valence electrons. The summed E-state index contributed by atoms with van der Waals surface area (Å²) in [4.78, 5) is 71.4. The van der Waals surface area contributed by atoms with Crippen molar-refractivity contribution < 1.29 is 39.0 Å². The van der Waals surface area contributed by atoms with Gasteiger partial charge in [-0.1, -0.05) is 27.7 Å². The Hall–Kier alpha value is -3.26. The minimum absolute atomic E-state index is 0.00286. The maximum Gasteiger partial charge on any atom is 0.322 e. The molecule has 0 heterocycles. The molecule has 0 aliphatic rings. The maximum absolute atomic E-state index is 12.9. The summed E-state index contributed by atoms with van der Waals surface area (Å²) in [7, 11) is 0. The maximum atomic E-state index is 12.9. The second kappa shape index (κ2) is 14.8. The van der Waals surface area contributed by atoms with E-state index in [0.29, 0.717) is 0 Å². The van der Waals surface area contributed by atoms with E-state index in [2.05, 4.69) is 16.0 Å². The first kappa shape index (κ1) is 30.7. The van der Waals surface area contributed by atoms with Crippen LogP contribution in [0.25, 0.3) is 0 Å². The lowest BCUT2D eigenvalue weighted by Crippen LogP contribution is -2.60. The van der Waals surface area contributed by atoms with Gasteiger partial charge in [0.05, 0.1) is 12.6 Å². The molecule has 0 aliphatic carbocycles. The molecule has 0 aliphatic heterocycles. The van der Waals surface area contributed by atoms with Gasteiger partial charge >= 0.3 is 5.97 Å². The summed E-state index contributed by atoms with van der Waals surface area (Å²) in [5.41, 5.74) is 10.8. The lowest BCUT2D eigenvalue weighted by atomic mass is 9.99. The molecule has 0 radical (unpaired) electrons. The van der Waals surface area contributed by atoms with E-state index in [9.17, 15) is 33.9 Å². The van der Waals surface area contributed by atoms with Crippen molar-refractivity contribution in [1.82, 2.24) is 21.3 Å². The van der Waals surface area contributed by atoms with Gasteiger partial charge in [-0.2, -0.15) is 0 Å². The topological polar surface area (TPSA) is 243 Å². The number of aliphatic carboxylic acids is 1. The number of carbonyl (C=O) groups excluding carboxylic acids is 5. The van der Waals surface area contributed by atoms with E-state index < -0.39 is 84.7 Å². The van der Waals surface area contributed by atoms with Crippen LogP contribution in [0.15, 0.2) is 0 Å². The van der Waals surface area contributed by atoms with Crippen molar-refractivity contribution in [1.29, 1.82) is 0 Å². The Labute approximate surface area is 197 Å². The summed E-state index contributed by atoms with van der Waals surface area (Å²) in [5.74, 6) is -5.83. The fraction of sp³-hybridized carbons (Fsp3) is 0.700. The number of rotatable bonds is 15. The highest BCUT2D eigenvalue weighted by atomic mass is 16.4. The van der Waals surface area contributed by atoms with E-state index in [0.717, 1.165) is 0 Å². The third-order valence-corrected chi connectivity index (χ3v) is 4.76. The number of carboxylic acids is 1. The number of primary amides is 1. The number of hydrogen-bond acceptors (Lipinski definition) is 8. The molecule has 14 heteroatoms. The Morgan fingerprint density at radius 2 is 1.26 bits per heavy atom. The average Bonchev–Trinajstić information content (AvgIpc) is 2.74. The Kier molecular flexibility index (Phi) is 13.4. The quantitative estimate of drug-likeness (QED) is 0.114. The highest BCUT2D eigenvalue weighted by Crippen LogP contribution is 2.08. The lowest BCUT2D eigenvalue weighted by Gasteiger charge is -2.28. The molecule has 0 bridgehead atoms. The largest absolute Gasteiger partial charge is 0.480 e. The molecule has 14 nitrogen and oxygen atoms in total. The molecule has 4 atom stereocenters. The fourth-order valence-electron chi connectivity index (χ4n) is 2.74. The Bertz CT molecular complexity index is 757. The first-order chi connectivity index (χ1) is 15.7. The zero-order chi connectivity index (χ0) is 26.6. The van der Waals surface area contributed by atoms with Gasteiger partial charge in [-0.3, -0.25) is 28.8 Å². The number of nitrogens with one attached hydrogen (secondary N) is 4. The van der Waals surface area contributed by atoms with E-state index in [1.54, 1.807) is 27.7 Å². The molecule has 10 N–H and O–H groups in total. The molecule has 0 saturated heterocycles. The molecule has 0 aromatic heterocycles. The van der Waals surface area contributed by atoms with Crippen LogP contribution < -0.4 is 32.7 Å². The number of amides is 5. The summed E-state index contributed by atoms with van der Waals surface area (Å²) in [6.07, 6.45) is -0.105. The summed E-state index contributed by atoms with van der Waals surface area (Å²) < 4.78 is 0. The molecule has 0 spiro atoms. The molecule has 0 fully saturated rings. The van der Waals surface area contributed by atoms with Gasteiger partial charge in [0, 0.05) is 6.42 Å². The molecule has 0 saturated carbocycles. The Morgan fingerprint density at radius 1 is 0.794 bits per heavy atom. The predicted octanol–water partition coefficient (Wildman–Crippen LogP) is -3.46. The van der Waals surface area contributed by atoms with Crippen molar-refractivity contribution in [3.63, 3.8) is 0 Å². The predicted molar refractivity (Wildman–Crippen MR) is 120 cm³/mol. The van der Waals surface area contributed by atoms with Gasteiger partial charge in [0.2, 0.25) is 29.5 Å². The van der Waals surface area contributed by atoms with Crippen LogP contribution >= 0.6 is 0 Å². The van der Waals surface area contributed by atoms with Crippen molar-refractivity contribution in [2.75, 3.05) is 13.2 Å². The second-order valence-electron chi connectivity index (χ2n) is 8.43. The van der Waals surface area contributed by atoms with E-state index in [1.165, 1.54) is 0 Å². The zero-order valence-electron chi connectivity index (χ0n) is 19.8. The number of carbonyl (C=O) groups is 6. The molecule has 34 heavy (non-hydrogen) atoms. The van der Waals surface area contributed by atoms with Crippen LogP contribution in [0.1, 0.15) is 40.5 Å². The average molecular weight is 489 g/mol. The Balaban J connectivity index is 5.30. The number of hydrogen-bond donors (Lipinski definition) is 8. The van der Waals surface area contributed by atoms with E-state index in [4.69, 9.17) is 16.6 Å². The van der Waals surface area contributed by atoms with E-state index >= 15 is 0 Å². The van der Waals surface area contributed by atoms with Gasteiger partial charge in [-0.25, -0.2) is 0 Å². The highest BCUT2D eigenvalue weighted by Gasteiger charge is 2.33. The summed E-state index contributed by atoms with van der Waals surface area (Å²) in [6.45, 7) is 5.09. The van der Waals surface area contributed by atoms with E-state index in [1.807, 2.05) is 5.32 Å². The van der Waals surface area contributed by atoms with Crippen LogP contribution in [0.5, 0.6) is 0 Å². The normalized spacial score (nSPS) is 14.5. The SMILES string of the molecule is CC(C)[C@H](NC(=O)[C@@H](NC(=O)[C@@H](N)CCC(N)=O)C(C)C)C(=O)N[C@@H](CO)C(=O)NCC(=O)O. The van der Waals surface area contributed by atoms with E-state index in [-0.39, 0.29) is 12.8 Å². The van der Waals surface area contributed by atoms with Crippen LogP contribution in [-0.4, -0.2) is 83.0 Å². The van der Waals surface area contributed by atoms with Crippen molar-refractivity contribution in [3.05, 3.63) is 0 Å². The summed E-state index contributed by atoms with van der Waals surface area (Å²) in [6, 6.07) is -4.71. The third-order valence-electron chi connectivity index (χ3n) is 4.76. The highest BCUT2D eigenvalue weighted by molar-refractivity contribution is 5.95. The molecule has 0 aromatic rings. The van der Waals surface area contributed by atoms with Crippen molar-refractivity contribution >= 4 is 35.5 Å². The fourth-order valence-corrected chi connectivity index (χ4v) is 2.74. The minimum Gasteiger partial charge on any atom is -0.480 e. The molecule has 0 rings (SSSR count). The molecule has 0 aromatic carbocycles. The van der Waals surface area contributed by atoms with Crippen molar-refractivity contribution in [3.8, 4) is 0 Å². The van der Waals surface area contributed by atoms with Crippen LogP contribution in [-0.2, 0) is 28.8 Å². The van der Waals surface area contributed by atoms with Gasteiger partial charge in [0.15, 0.2) is 0 Å².